The Balaban J connectivity index is 1.52. The quantitative estimate of drug-likeness (QED) is 0.547. The molecule has 32 heavy (non-hydrogen) atoms. The zero-order valence-electron chi connectivity index (χ0n) is 16.8. The molecule has 2 aromatic carbocycles. The molecule has 0 radical (unpaired) electrons. The first kappa shape index (κ1) is 21.4. The number of nitro groups is 1. The van der Waals surface area contributed by atoms with Crippen molar-refractivity contribution < 1.29 is 27.6 Å². The summed E-state index contributed by atoms with van der Waals surface area (Å²) in [6.07, 6.45) is -2.68. The SMILES string of the molecule is CC1=C2CN(c3cccc([N+](=O)[O-])c3)C=C2NC(Cc2ccc(OC(F)(F)F)cc2)C1=O. The van der Waals surface area contributed by atoms with Gasteiger partial charge in [-0.2, -0.15) is 0 Å². The van der Waals surface area contributed by atoms with Gasteiger partial charge >= 0.3 is 6.36 Å². The van der Waals surface area contributed by atoms with Crippen molar-refractivity contribution >= 4 is 17.2 Å². The molecule has 166 valence electrons. The Hall–Kier alpha value is -3.82. The summed E-state index contributed by atoms with van der Waals surface area (Å²) in [6.45, 7) is 2.13. The number of ketones is 1. The van der Waals surface area contributed by atoms with Crippen LogP contribution in [0.2, 0.25) is 0 Å². The topological polar surface area (TPSA) is 84.7 Å². The van der Waals surface area contributed by atoms with Crippen molar-refractivity contribution in [3.63, 3.8) is 0 Å². The van der Waals surface area contributed by atoms with Crippen molar-refractivity contribution in [2.45, 2.75) is 25.7 Å². The molecule has 0 aromatic heterocycles. The number of hydrogen-bond donors (Lipinski definition) is 1. The van der Waals surface area contributed by atoms with E-state index in [1.54, 1.807) is 25.3 Å². The van der Waals surface area contributed by atoms with E-state index in [1.165, 1.54) is 36.4 Å². The number of ether oxygens (including phenoxy) is 1. The van der Waals surface area contributed by atoms with Crippen molar-refractivity contribution in [1.29, 1.82) is 0 Å². The molecular weight excluding hydrogens is 427 g/mol. The number of nitrogens with one attached hydrogen (secondary N) is 1. The second kappa shape index (κ2) is 8.03. The molecule has 7 nitrogen and oxygen atoms in total. The standard InChI is InChI=1S/C22H18F3N3O4/c1-13-18-11-27(15-3-2-4-16(10-15)28(30)31)12-20(18)26-19(21(13)29)9-14-5-7-17(8-6-14)32-22(23,24)25/h2-8,10,12,19,26H,9,11H2,1H3. The number of rotatable bonds is 5. The van der Waals surface area contributed by atoms with Crippen LogP contribution in [0.4, 0.5) is 24.5 Å². The summed E-state index contributed by atoms with van der Waals surface area (Å²) in [6, 6.07) is 11.0. The molecule has 0 bridgehead atoms. The first-order valence-electron chi connectivity index (χ1n) is 9.69. The third-order valence-electron chi connectivity index (χ3n) is 5.38. The first-order valence-corrected chi connectivity index (χ1v) is 9.69. The molecule has 10 heteroatoms. The summed E-state index contributed by atoms with van der Waals surface area (Å²) >= 11 is 0. The van der Waals surface area contributed by atoms with Gasteiger partial charge in [0.1, 0.15) is 5.75 Å². The van der Waals surface area contributed by atoms with E-state index in [9.17, 15) is 28.1 Å². The lowest BCUT2D eigenvalue weighted by Crippen LogP contribution is -2.42. The Kier molecular flexibility index (Phi) is 5.37. The molecule has 0 aliphatic carbocycles. The fourth-order valence-corrected chi connectivity index (χ4v) is 3.80. The number of nitrogens with zero attached hydrogens (tertiary/aromatic N) is 2. The van der Waals surface area contributed by atoms with Crippen LogP contribution in [0.25, 0.3) is 0 Å². The lowest BCUT2D eigenvalue weighted by atomic mass is 9.90. The second-order valence-corrected chi connectivity index (χ2v) is 7.51. The minimum absolute atomic E-state index is 0.0265. The molecule has 2 aliphatic rings. The van der Waals surface area contributed by atoms with E-state index in [0.717, 1.165) is 11.3 Å². The van der Waals surface area contributed by atoms with Gasteiger partial charge in [0.2, 0.25) is 0 Å². The highest BCUT2D eigenvalue weighted by molar-refractivity contribution is 6.02. The molecule has 0 fully saturated rings. The molecule has 0 saturated heterocycles. The number of anilines is 1. The minimum Gasteiger partial charge on any atom is -0.406 e. The van der Waals surface area contributed by atoms with Gasteiger partial charge in [-0.15, -0.1) is 13.2 Å². The lowest BCUT2D eigenvalue weighted by Gasteiger charge is -2.26. The highest BCUT2D eigenvalue weighted by Gasteiger charge is 2.34. The van der Waals surface area contributed by atoms with Crippen LogP contribution >= 0.6 is 0 Å². The van der Waals surface area contributed by atoms with E-state index in [1.807, 2.05) is 4.90 Å². The highest BCUT2D eigenvalue weighted by Crippen LogP contribution is 2.33. The van der Waals surface area contributed by atoms with Crippen LogP contribution in [-0.2, 0) is 11.2 Å². The van der Waals surface area contributed by atoms with Crippen LogP contribution in [0.15, 0.2) is 71.6 Å². The van der Waals surface area contributed by atoms with E-state index in [-0.39, 0.29) is 23.6 Å². The molecule has 2 heterocycles. The van der Waals surface area contributed by atoms with Crippen LogP contribution in [-0.4, -0.2) is 29.7 Å². The van der Waals surface area contributed by atoms with Gasteiger partial charge in [-0.05, 0) is 30.7 Å². The van der Waals surface area contributed by atoms with Crippen LogP contribution in [0.3, 0.4) is 0 Å². The Morgan fingerprint density at radius 2 is 1.94 bits per heavy atom. The third-order valence-corrected chi connectivity index (χ3v) is 5.38. The monoisotopic (exact) mass is 445 g/mol. The summed E-state index contributed by atoms with van der Waals surface area (Å²) in [5.74, 6) is -0.428. The number of carbonyl (C=O) groups is 1. The zero-order chi connectivity index (χ0) is 23.0. The number of non-ortho nitro benzene ring substituents is 1. The number of halogens is 3. The molecule has 0 saturated carbocycles. The molecule has 1 N–H and O–H groups in total. The normalized spacial score (nSPS) is 18.2. The number of Topliss-reactive ketones (excluding diaryl/α,β-unsaturated/α-hetero) is 1. The summed E-state index contributed by atoms with van der Waals surface area (Å²) in [7, 11) is 0. The van der Waals surface area contributed by atoms with Crippen molar-refractivity contribution in [2.24, 2.45) is 0 Å². The predicted molar refractivity (Wildman–Crippen MR) is 110 cm³/mol. The van der Waals surface area contributed by atoms with Crippen molar-refractivity contribution in [3.05, 3.63) is 87.3 Å². The maximum absolute atomic E-state index is 12.9. The largest absolute Gasteiger partial charge is 0.573 e. The summed E-state index contributed by atoms with van der Waals surface area (Å²) in [4.78, 5) is 25.3. The van der Waals surface area contributed by atoms with Gasteiger partial charge in [0.25, 0.3) is 5.69 Å². The molecule has 4 rings (SSSR count). The smallest absolute Gasteiger partial charge is 0.406 e. The van der Waals surface area contributed by atoms with E-state index < -0.39 is 17.3 Å². The fourth-order valence-electron chi connectivity index (χ4n) is 3.80. The minimum atomic E-state index is -4.76. The van der Waals surface area contributed by atoms with Crippen molar-refractivity contribution in [1.82, 2.24) is 5.32 Å². The Morgan fingerprint density at radius 3 is 2.59 bits per heavy atom. The third kappa shape index (κ3) is 4.43. The highest BCUT2D eigenvalue weighted by atomic mass is 19.4. The summed E-state index contributed by atoms with van der Waals surface area (Å²) in [5, 5.41) is 14.3. The van der Waals surface area contributed by atoms with E-state index in [2.05, 4.69) is 10.1 Å². The maximum Gasteiger partial charge on any atom is 0.573 e. The number of carbonyl (C=O) groups excluding carboxylic acids is 1. The van der Waals surface area contributed by atoms with Crippen molar-refractivity contribution in [3.8, 4) is 5.75 Å². The van der Waals surface area contributed by atoms with Gasteiger partial charge in [0.05, 0.1) is 23.2 Å². The van der Waals surface area contributed by atoms with E-state index in [4.69, 9.17) is 0 Å². The molecular formula is C22H18F3N3O4. The van der Waals surface area contributed by atoms with Crippen LogP contribution in [0.5, 0.6) is 5.75 Å². The number of alkyl halides is 3. The summed E-state index contributed by atoms with van der Waals surface area (Å²) in [5.41, 5.74) is 3.43. The average Bonchev–Trinajstić information content (AvgIpc) is 3.16. The van der Waals surface area contributed by atoms with Crippen LogP contribution in [0.1, 0.15) is 12.5 Å². The Labute approximate surface area is 180 Å². The average molecular weight is 445 g/mol. The van der Waals surface area contributed by atoms with Gasteiger partial charge in [0.15, 0.2) is 5.78 Å². The molecule has 0 spiro atoms. The number of nitro benzene ring substituents is 1. The van der Waals surface area contributed by atoms with Gasteiger partial charge < -0.3 is 15.0 Å². The molecule has 1 unspecified atom stereocenters. The number of benzene rings is 2. The fraction of sp³-hybridized carbons (Fsp3) is 0.227. The number of hydrogen-bond acceptors (Lipinski definition) is 6. The molecule has 0 amide bonds. The van der Waals surface area contributed by atoms with Crippen LogP contribution < -0.4 is 15.0 Å². The summed E-state index contributed by atoms with van der Waals surface area (Å²) < 4.78 is 40.8. The van der Waals surface area contributed by atoms with E-state index in [0.29, 0.717) is 23.4 Å². The number of fused-ring (bicyclic) bond motifs is 1. The van der Waals surface area contributed by atoms with Crippen LogP contribution in [0, 0.1) is 10.1 Å². The molecule has 2 aromatic rings. The Morgan fingerprint density at radius 1 is 1.22 bits per heavy atom. The predicted octanol–water partition coefficient (Wildman–Crippen LogP) is 4.25. The molecule has 1 atom stereocenters. The zero-order valence-corrected chi connectivity index (χ0v) is 16.8. The van der Waals surface area contributed by atoms with Gasteiger partial charge in [-0.25, -0.2) is 0 Å². The first-order chi connectivity index (χ1) is 15.1. The Bertz CT molecular complexity index is 1140. The van der Waals surface area contributed by atoms with E-state index >= 15 is 0 Å². The molecule has 2 aliphatic heterocycles. The van der Waals surface area contributed by atoms with Gasteiger partial charge in [-0.1, -0.05) is 18.2 Å². The van der Waals surface area contributed by atoms with Gasteiger partial charge in [0, 0.05) is 41.6 Å². The second-order valence-electron chi connectivity index (χ2n) is 7.51. The lowest BCUT2D eigenvalue weighted by molar-refractivity contribution is -0.384. The maximum atomic E-state index is 12.9. The van der Waals surface area contributed by atoms with Gasteiger partial charge in [-0.3, -0.25) is 14.9 Å². The van der Waals surface area contributed by atoms with Crippen molar-refractivity contribution in [2.75, 3.05) is 11.4 Å².